The van der Waals surface area contributed by atoms with Gasteiger partial charge in [0, 0.05) is 5.69 Å². The van der Waals surface area contributed by atoms with Gasteiger partial charge < -0.3 is 11.1 Å². The number of halogens is 1. The molecular formula is C13H15ClN2O. The van der Waals surface area contributed by atoms with Crippen molar-refractivity contribution in [2.75, 3.05) is 5.32 Å². The molecule has 0 aliphatic carbocycles. The van der Waals surface area contributed by atoms with Gasteiger partial charge in [-0.2, -0.15) is 0 Å². The third-order valence-corrected chi connectivity index (χ3v) is 2.43. The fourth-order valence-electron chi connectivity index (χ4n) is 1.52. The smallest absolute Gasteiger partial charge is 0.240 e. The fraction of sp³-hybridized carbons (Fsp3) is 0.154. The molecule has 0 saturated heterocycles. The van der Waals surface area contributed by atoms with Crippen molar-refractivity contribution in [3.63, 3.8) is 0 Å². The molecule has 1 unspecified atom stereocenters. The quantitative estimate of drug-likeness (QED) is 0.861. The molecule has 0 heterocycles. The van der Waals surface area contributed by atoms with Crippen molar-refractivity contribution < 1.29 is 4.79 Å². The van der Waals surface area contributed by atoms with Crippen molar-refractivity contribution >= 4 is 34.8 Å². The third kappa shape index (κ3) is 3.19. The van der Waals surface area contributed by atoms with Crippen molar-refractivity contribution in [3.05, 3.63) is 42.5 Å². The molecular weight excluding hydrogens is 236 g/mol. The number of rotatable bonds is 2. The number of fused-ring (bicyclic) bond motifs is 1. The van der Waals surface area contributed by atoms with Crippen molar-refractivity contribution in [1.29, 1.82) is 0 Å². The number of benzene rings is 2. The number of carbonyl (C=O) groups excluding carboxylic acids is 1. The van der Waals surface area contributed by atoms with E-state index in [1.54, 1.807) is 6.92 Å². The topological polar surface area (TPSA) is 55.1 Å². The van der Waals surface area contributed by atoms with E-state index in [0.717, 1.165) is 16.5 Å². The van der Waals surface area contributed by atoms with Gasteiger partial charge in [-0.05, 0) is 29.8 Å². The van der Waals surface area contributed by atoms with Gasteiger partial charge in [0.1, 0.15) is 0 Å². The highest BCUT2D eigenvalue weighted by molar-refractivity contribution is 5.96. The Morgan fingerprint density at radius 3 is 2.47 bits per heavy atom. The summed E-state index contributed by atoms with van der Waals surface area (Å²) in [5.74, 6) is -0.171. The van der Waals surface area contributed by atoms with Crippen LogP contribution in [0.15, 0.2) is 42.5 Å². The van der Waals surface area contributed by atoms with Crippen LogP contribution in [0, 0.1) is 0 Å². The van der Waals surface area contributed by atoms with Gasteiger partial charge in [0.05, 0.1) is 6.04 Å². The zero-order valence-electron chi connectivity index (χ0n) is 9.51. The Morgan fingerprint density at radius 1 is 1.18 bits per heavy atom. The van der Waals surface area contributed by atoms with Crippen molar-refractivity contribution in [1.82, 2.24) is 0 Å². The summed E-state index contributed by atoms with van der Waals surface area (Å²) in [6, 6.07) is 13.3. The summed E-state index contributed by atoms with van der Waals surface area (Å²) in [5, 5.41) is 5.03. The number of nitrogens with one attached hydrogen (secondary N) is 1. The van der Waals surface area contributed by atoms with Crippen LogP contribution in [0.1, 0.15) is 6.92 Å². The van der Waals surface area contributed by atoms with E-state index in [0.29, 0.717) is 0 Å². The van der Waals surface area contributed by atoms with Crippen molar-refractivity contribution in [2.24, 2.45) is 5.73 Å². The second-order valence-electron chi connectivity index (χ2n) is 3.84. The molecule has 1 atom stereocenters. The predicted octanol–water partition coefficient (Wildman–Crippen LogP) is 2.55. The molecule has 2 aromatic rings. The first-order chi connectivity index (χ1) is 7.66. The lowest BCUT2D eigenvalue weighted by Crippen LogP contribution is -2.32. The minimum absolute atomic E-state index is 0. The fourth-order valence-corrected chi connectivity index (χ4v) is 1.52. The monoisotopic (exact) mass is 250 g/mol. The van der Waals surface area contributed by atoms with Crippen LogP contribution in [0.3, 0.4) is 0 Å². The molecule has 0 aliphatic heterocycles. The number of carbonyl (C=O) groups is 1. The molecule has 2 rings (SSSR count). The van der Waals surface area contributed by atoms with E-state index in [2.05, 4.69) is 5.32 Å². The lowest BCUT2D eigenvalue weighted by atomic mass is 10.1. The lowest BCUT2D eigenvalue weighted by molar-refractivity contribution is -0.117. The van der Waals surface area contributed by atoms with Gasteiger partial charge in [-0.15, -0.1) is 12.4 Å². The Balaban J connectivity index is 0.00000144. The highest BCUT2D eigenvalue weighted by atomic mass is 35.5. The first-order valence-corrected chi connectivity index (χ1v) is 5.22. The Bertz CT molecular complexity index is 526. The molecule has 0 bridgehead atoms. The molecule has 0 spiro atoms. The summed E-state index contributed by atoms with van der Waals surface area (Å²) >= 11 is 0. The van der Waals surface area contributed by atoms with Crippen molar-refractivity contribution in [3.8, 4) is 0 Å². The maximum atomic E-state index is 11.4. The second kappa shape index (κ2) is 5.66. The molecule has 17 heavy (non-hydrogen) atoms. The highest BCUT2D eigenvalue weighted by Gasteiger charge is 2.07. The van der Waals surface area contributed by atoms with Gasteiger partial charge in [-0.25, -0.2) is 0 Å². The van der Waals surface area contributed by atoms with Crippen molar-refractivity contribution in [2.45, 2.75) is 13.0 Å². The van der Waals surface area contributed by atoms with E-state index in [1.807, 2.05) is 42.5 Å². The van der Waals surface area contributed by atoms with Gasteiger partial charge >= 0.3 is 0 Å². The largest absolute Gasteiger partial charge is 0.325 e. The third-order valence-electron chi connectivity index (χ3n) is 2.43. The first-order valence-electron chi connectivity index (χ1n) is 5.22. The Kier molecular flexibility index (Phi) is 4.49. The second-order valence-corrected chi connectivity index (χ2v) is 3.84. The zero-order valence-corrected chi connectivity index (χ0v) is 10.3. The summed E-state index contributed by atoms with van der Waals surface area (Å²) in [6.07, 6.45) is 0. The van der Waals surface area contributed by atoms with Crippen LogP contribution < -0.4 is 11.1 Å². The molecule has 0 aromatic heterocycles. The summed E-state index contributed by atoms with van der Waals surface area (Å²) in [5.41, 5.74) is 6.26. The molecule has 90 valence electrons. The molecule has 0 saturated carbocycles. The molecule has 0 fully saturated rings. The maximum Gasteiger partial charge on any atom is 0.240 e. The normalized spacial score (nSPS) is 11.6. The summed E-state index contributed by atoms with van der Waals surface area (Å²) < 4.78 is 0. The van der Waals surface area contributed by atoms with Crippen LogP contribution in [-0.4, -0.2) is 11.9 Å². The van der Waals surface area contributed by atoms with Gasteiger partial charge in [0.15, 0.2) is 0 Å². The number of amides is 1. The maximum absolute atomic E-state index is 11.4. The summed E-state index contributed by atoms with van der Waals surface area (Å²) in [6.45, 7) is 1.66. The summed E-state index contributed by atoms with van der Waals surface area (Å²) in [7, 11) is 0. The minimum Gasteiger partial charge on any atom is -0.325 e. The van der Waals surface area contributed by atoms with E-state index in [-0.39, 0.29) is 18.3 Å². The van der Waals surface area contributed by atoms with E-state index in [9.17, 15) is 4.79 Å². The van der Waals surface area contributed by atoms with Crippen LogP contribution in [-0.2, 0) is 4.79 Å². The molecule has 4 heteroatoms. The van der Waals surface area contributed by atoms with Gasteiger partial charge in [0.25, 0.3) is 0 Å². The predicted molar refractivity (Wildman–Crippen MR) is 73.5 cm³/mol. The molecule has 3 N–H and O–H groups in total. The number of anilines is 1. The van der Waals surface area contributed by atoms with E-state index < -0.39 is 6.04 Å². The van der Waals surface area contributed by atoms with E-state index in [4.69, 9.17) is 5.73 Å². The zero-order chi connectivity index (χ0) is 11.5. The van der Waals surface area contributed by atoms with Crippen LogP contribution in [0.25, 0.3) is 10.8 Å². The minimum atomic E-state index is -0.494. The summed E-state index contributed by atoms with van der Waals surface area (Å²) in [4.78, 5) is 11.4. The van der Waals surface area contributed by atoms with Gasteiger partial charge in [-0.3, -0.25) is 4.79 Å². The number of hydrogen-bond acceptors (Lipinski definition) is 2. The Hall–Kier alpha value is -1.58. The molecule has 0 aliphatic rings. The first kappa shape index (κ1) is 13.5. The van der Waals surface area contributed by atoms with Crippen LogP contribution >= 0.6 is 12.4 Å². The SMILES string of the molecule is CC(N)C(=O)Nc1ccc2ccccc2c1.Cl. The average molecular weight is 251 g/mol. The average Bonchev–Trinajstić information content (AvgIpc) is 2.28. The highest BCUT2D eigenvalue weighted by Crippen LogP contribution is 2.18. The number of nitrogens with two attached hydrogens (primary N) is 1. The molecule has 3 nitrogen and oxygen atoms in total. The number of hydrogen-bond donors (Lipinski definition) is 2. The Morgan fingerprint density at radius 2 is 1.82 bits per heavy atom. The molecule has 1 amide bonds. The van der Waals surface area contributed by atoms with Crippen LogP contribution in [0.4, 0.5) is 5.69 Å². The van der Waals surface area contributed by atoms with Crippen LogP contribution in [0.2, 0.25) is 0 Å². The van der Waals surface area contributed by atoms with Gasteiger partial charge in [-0.1, -0.05) is 30.3 Å². The molecule has 2 aromatic carbocycles. The standard InChI is InChI=1S/C13H14N2O.ClH/c1-9(14)13(16)15-12-7-6-10-4-2-3-5-11(10)8-12;/h2-9H,14H2,1H3,(H,15,16);1H. The van der Waals surface area contributed by atoms with Gasteiger partial charge in [0.2, 0.25) is 5.91 Å². The van der Waals surface area contributed by atoms with E-state index >= 15 is 0 Å². The van der Waals surface area contributed by atoms with Crippen LogP contribution in [0.5, 0.6) is 0 Å². The van der Waals surface area contributed by atoms with E-state index in [1.165, 1.54) is 0 Å². The lowest BCUT2D eigenvalue weighted by Gasteiger charge is -2.08. The Labute approximate surface area is 106 Å². The molecule has 0 radical (unpaired) electrons.